The minimum atomic E-state index is -0.515. The Labute approximate surface area is 164 Å². The third-order valence-electron chi connectivity index (χ3n) is 3.19. The van der Waals surface area contributed by atoms with Gasteiger partial charge in [-0.3, -0.25) is 14.4 Å². The van der Waals surface area contributed by atoms with Crippen LogP contribution in [0.2, 0.25) is 0 Å². The van der Waals surface area contributed by atoms with Gasteiger partial charge in [0.25, 0.3) is 0 Å². The van der Waals surface area contributed by atoms with E-state index in [2.05, 4.69) is 17.2 Å². The van der Waals surface area contributed by atoms with Gasteiger partial charge in [-0.1, -0.05) is 6.58 Å². The summed E-state index contributed by atoms with van der Waals surface area (Å²) >= 11 is 1.52. The Morgan fingerprint density at radius 3 is 2.15 bits per heavy atom. The highest BCUT2D eigenvalue weighted by molar-refractivity contribution is 7.99. The first kappa shape index (κ1) is 25.0. The quantitative estimate of drug-likeness (QED) is 0.270. The van der Waals surface area contributed by atoms with Crippen molar-refractivity contribution >= 4 is 35.5 Å². The molecule has 0 saturated heterocycles. The number of nitrogens with one attached hydrogen (secondary N) is 2. The highest BCUT2D eigenvalue weighted by atomic mass is 32.2. The first-order valence-corrected chi connectivity index (χ1v) is 9.87. The van der Waals surface area contributed by atoms with Crippen LogP contribution in [0.15, 0.2) is 12.2 Å². The van der Waals surface area contributed by atoms with Crippen LogP contribution in [-0.4, -0.2) is 60.6 Å². The molecule has 0 aromatic carbocycles. The summed E-state index contributed by atoms with van der Waals surface area (Å²) in [5, 5.41) is 5.63. The van der Waals surface area contributed by atoms with Gasteiger partial charge in [0.1, 0.15) is 13.2 Å². The molecule has 154 valence electrons. The third-order valence-corrected chi connectivity index (χ3v) is 4.32. The Morgan fingerprint density at radius 2 is 1.59 bits per heavy atom. The molecule has 0 saturated carbocycles. The molecular formula is C18H30N2O6S. The molecule has 2 unspecified atom stereocenters. The predicted molar refractivity (Wildman–Crippen MR) is 104 cm³/mol. The van der Waals surface area contributed by atoms with Gasteiger partial charge in [0.05, 0.1) is 6.42 Å². The first-order valence-electron chi connectivity index (χ1n) is 8.72. The summed E-state index contributed by atoms with van der Waals surface area (Å²) in [6.45, 7) is 9.76. The van der Waals surface area contributed by atoms with Gasteiger partial charge in [-0.15, -0.1) is 0 Å². The van der Waals surface area contributed by atoms with E-state index in [1.54, 1.807) is 0 Å². The van der Waals surface area contributed by atoms with Gasteiger partial charge in [0.2, 0.25) is 11.8 Å². The van der Waals surface area contributed by atoms with Crippen LogP contribution in [0.5, 0.6) is 0 Å². The number of rotatable bonds is 13. The van der Waals surface area contributed by atoms with E-state index < -0.39 is 5.97 Å². The van der Waals surface area contributed by atoms with Gasteiger partial charge in [0, 0.05) is 43.0 Å². The molecule has 0 rings (SSSR count). The Kier molecular flexibility index (Phi) is 13.0. The monoisotopic (exact) mass is 402 g/mol. The zero-order valence-electron chi connectivity index (χ0n) is 16.5. The van der Waals surface area contributed by atoms with Gasteiger partial charge in [-0.25, -0.2) is 4.79 Å². The number of carbonyl (C=O) groups excluding carboxylic acids is 4. The van der Waals surface area contributed by atoms with Crippen LogP contribution in [0.25, 0.3) is 0 Å². The second kappa shape index (κ2) is 14.1. The Bertz CT molecular complexity index is 538. The van der Waals surface area contributed by atoms with Crippen LogP contribution in [0, 0.1) is 0 Å². The van der Waals surface area contributed by atoms with Crippen LogP contribution in [0.3, 0.4) is 0 Å². The van der Waals surface area contributed by atoms with Gasteiger partial charge >= 0.3 is 11.9 Å². The largest absolute Gasteiger partial charge is 0.462 e. The molecule has 2 atom stereocenters. The number of thioether (sulfide) groups is 1. The topological polar surface area (TPSA) is 111 Å². The Hall–Kier alpha value is -2.03. The summed E-state index contributed by atoms with van der Waals surface area (Å²) in [6.07, 6.45) is 0.817. The van der Waals surface area contributed by atoms with Gasteiger partial charge in [-0.2, -0.15) is 11.8 Å². The minimum absolute atomic E-state index is 0.00375. The molecule has 0 heterocycles. The van der Waals surface area contributed by atoms with Gasteiger partial charge in [-0.05, 0) is 20.3 Å². The van der Waals surface area contributed by atoms with Gasteiger partial charge in [0.15, 0.2) is 0 Å². The number of hydrogen-bond acceptors (Lipinski definition) is 7. The Balaban J connectivity index is 4.01. The van der Waals surface area contributed by atoms with Gasteiger partial charge < -0.3 is 20.1 Å². The zero-order valence-corrected chi connectivity index (χ0v) is 17.3. The van der Waals surface area contributed by atoms with Crippen LogP contribution >= 0.6 is 11.8 Å². The lowest BCUT2D eigenvalue weighted by Crippen LogP contribution is -2.42. The molecule has 9 heteroatoms. The summed E-state index contributed by atoms with van der Waals surface area (Å²) < 4.78 is 9.80. The minimum Gasteiger partial charge on any atom is -0.462 e. The van der Waals surface area contributed by atoms with Crippen molar-refractivity contribution in [1.29, 1.82) is 0 Å². The van der Waals surface area contributed by atoms with Crippen LogP contribution in [0.4, 0.5) is 0 Å². The van der Waals surface area contributed by atoms with E-state index in [-0.39, 0.29) is 49.5 Å². The molecule has 2 amide bonds. The normalized spacial score (nSPS) is 12.4. The van der Waals surface area contributed by atoms with E-state index in [1.807, 2.05) is 6.92 Å². The summed E-state index contributed by atoms with van der Waals surface area (Å²) in [6, 6.07) is -0.168. The van der Waals surface area contributed by atoms with Crippen molar-refractivity contribution in [2.75, 3.05) is 24.7 Å². The predicted octanol–water partition coefficient (Wildman–Crippen LogP) is 1.19. The molecule has 0 fully saturated rings. The molecule has 8 nitrogen and oxygen atoms in total. The van der Waals surface area contributed by atoms with Crippen molar-refractivity contribution in [3.63, 3.8) is 0 Å². The van der Waals surface area contributed by atoms with Crippen molar-refractivity contribution in [2.24, 2.45) is 0 Å². The van der Waals surface area contributed by atoms with E-state index in [0.29, 0.717) is 23.5 Å². The summed E-state index contributed by atoms with van der Waals surface area (Å²) in [7, 11) is 0. The molecular weight excluding hydrogens is 372 g/mol. The second-order valence-corrected chi connectivity index (χ2v) is 7.35. The van der Waals surface area contributed by atoms with Crippen molar-refractivity contribution in [3.8, 4) is 0 Å². The molecule has 0 aromatic heterocycles. The van der Waals surface area contributed by atoms with Crippen molar-refractivity contribution in [2.45, 2.75) is 52.6 Å². The molecule has 27 heavy (non-hydrogen) atoms. The fourth-order valence-electron chi connectivity index (χ4n) is 2.16. The maximum absolute atomic E-state index is 11.6. The van der Waals surface area contributed by atoms with E-state index in [4.69, 9.17) is 9.47 Å². The van der Waals surface area contributed by atoms with Crippen molar-refractivity contribution in [1.82, 2.24) is 10.6 Å². The number of carbonyl (C=O) groups is 4. The molecule has 0 spiro atoms. The SMILES string of the molecule is C=C(C)C(=O)OCCOC(=O)CCSCC(CC(C)NC(C)=O)NC(C)=O. The maximum Gasteiger partial charge on any atom is 0.333 e. The van der Waals surface area contributed by atoms with Crippen LogP contribution < -0.4 is 10.6 Å². The smallest absolute Gasteiger partial charge is 0.333 e. The fourth-order valence-corrected chi connectivity index (χ4v) is 3.14. The molecule has 0 aliphatic carbocycles. The molecule has 0 aliphatic rings. The average molecular weight is 403 g/mol. The molecule has 0 aliphatic heterocycles. The summed E-state index contributed by atoms with van der Waals surface area (Å²) in [4.78, 5) is 45.2. The standard InChI is InChI=1S/C18H30N2O6S/c1-12(2)18(24)26-8-7-25-17(23)6-9-27-11-16(20-15(5)22)10-13(3)19-14(4)21/h13,16H,1,6-11H2,2-5H3,(H,19,21)(H,20,22). The molecule has 0 bridgehead atoms. The average Bonchev–Trinajstić information content (AvgIpc) is 2.53. The maximum atomic E-state index is 11.6. The number of ether oxygens (including phenoxy) is 2. The second-order valence-electron chi connectivity index (χ2n) is 6.20. The van der Waals surface area contributed by atoms with Crippen LogP contribution in [0.1, 0.15) is 40.5 Å². The fraction of sp³-hybridized carbons (Fsp3) is 0.667. The van der Waals surface area contributed by atoms with Crippen LogP contribution in [-0.2, 0) is 28.7 Å². The van der Waals surface area contributed by atoms with E-state index >= 15 is 0 Å². The lowest BCUT2D eigenvalue weighted by molar-refractivity contribution is -0.149. The lowest BCUT2D eigenvalue weighted by atomic mass is 10.1. The summed E-state index contributed by atoms with van der Waals surface area (Å²) in [5.74, 6) is 0.00515. The number of hydrogen-bond donors (Lipinski definition) is 2. The lowest BCUT2D eigenvalue weighted by Gasteiger charge is -2.22. The van der Waals surface area contributed by atoms with Crippen molar-refractivity contribution in [3.05, 3.63) is 12.2 Å². The molecule has 0 radical (unpaired) electrons. The number of esters is 2. The van der Waals surface area contributed by atoms with E-state index in [9.17, 15) is 19.2 Å². The molecule has 2 N–H and O–H groups in total. The van der Waals surface area contributed by atoms with E-state index in [0.717, 1.165) is 0 Å². The van der Waals surface area contributed by atoms with Crippen molar-refractivity contribution < 1.29 is 28.7 Å². The van der Waals surface area contributed by atoms with E-state index in [1.165, 1.54) is 32.5 Å². The highest BCUT2D eigenvalue weighted by Gasteiger charge is 2.15. The first-order chi connectivity index (χ1) is 12.6. The number of amides is 2. The summed E-state index contributed by atoms with van der Waals surface area (Å²) in [5.41, 5.74) is 0.291. The zero-order chi connectivity index (χ0) is 20.8. The molecule has 0 aromatic rings. The third kappa shape index (κ3) is 14.8. The Morgan fingerprint density at radius 1 is 1.00 bits per heavy atom. The highest BCUT2D eigenvalue weighted by Crippen LogP contribution is 2.10.